The van der Waals surface area contributed by atoms with E-state index >= 15 is 0 Å². The zero-order valence-electron chi connectivity index (χ0n) is 21.4. The van der Waals surface area contributed by atoms with Crippen LogP contribution in [0.25, 0.3) is 0 Å². The predicted octanol–water partition coefficient (Wildman–Crippen LogP) is 4.55. The minimum Gasteiger partial charge on any atom is -0.497 e. The van der Waals surface area contributed by atoms with Crippen molar-refractivity contribution in [3.63, 3.8) is 0 Å². The quantitative estimate of drug-likeness (QED) is 0.290. The van der Waals surface area contributed by atoms with Crippen molar-refractivity contribution in [2.75, 3.05) is 18.0 Å². The van der Waals surface area contributed by atoms with E-state index in [1.807, 2.05) is 19.1 Å². The largest absolute Gasteiger partial charge is 0.497 e. The highest BCUT2D eigenvalue weighted by Gasteiger charge is 2.29. The molecule has 0 bridgehead atoms. The van der Waals surface area contributed by atoms with Crippen molar-refractivity contribution in [1.82, 2.24) is 5.32 Å². The van der Waals surface area contributed by atoms with Gasteiger partial charge in [-0.05, 0) is 66.8 Å². The maximum absolute atomic E-state index is 13.7. The van der Waals surface area contributed by atoms with Crippen LogP contribution in [-0.2, 0) is 34.2 Å². The van der Waals surface area contributed by atoms with Crippen molar-refractivity contribution < 1.29 is 22.9 Å². The Bertz CT molecular complexity index is 1390. The Balaban J connectivity index is 1.94. The van der Waals surface area contributed by atoms with Crippen LogP contribution < -0.4 is 14.4 Å². The van der Waals surface area contributed by atoms with Crippen LogP contribution in [-0.4, -0.2) is 32.9 Å². The Morgan fingerprint density at radius 1 is 1.00 bits per heavy atom. The number of hydrogen-bond acceptors (Lipinski definition) is 6. The molecule has 0 heterocycles. The van der Waals surface area contributed by atoms with Gasteiger partial charge in [0.25, 0.3) is 15.7 Å². The molecule has 1 N–H and O–H groups in total. The van der Waals surface area contributed by atoms with E-state index in [1.165, 1.54) is 38.3 Å². The van der Waals surface area contributed by atoms with Gasteiger partial charge in [0, 0.05) is 18.2 Å². The SMILES string of the molecule is CCc1ccc(CC)c(CNC(=O)CN(c2ccc(OC)cc2)S(=O)(=O)c2ccc(C)c([N+](=O)[O-])c2)c1. The van der Waals surface area contributed by atoms with Gasteiger partial charge in [-0.15, -0.1) is 0 Å². The second kappa shape index (κ2) is 11.9. The molecule has 0 aliphatic heterocycles. The number of nitro benzene ring substituents is 1. The molecule has 37 heavy (non-hydrogen) atoms. The second-order valence-corrected chi connectivity index (χ2v) is 10.4. The average Bonchev–Trinajstić information content (AvgIpc) is 2.90. The van der Waals surface area contributed by atoms with E-state index in [4.69, 9.17) is 4.74 Å². The lowest BCUT2D eigenvalue weighted by atomic mass is 10.0. The maximum Gasteiger partial charge on any atom is 0.273 e. The van der Waals surface area contributed by atoms with Gasteiger partial charge in [0.1, 0.15) is 12.3 Å². The lowest BCUT2D eigenvalue weighted by Crippen LogP contribution is -2.40. The summed E-state index contributed by atoms with van der Waals surface area (Å²) in [4.78, 5) is 23.5. The summed E-state index contributed by atoms with van der Waals surface area (Å²) >= 11 is 0. The van der Waals surface area contributed by atoms with Crippen LogP contribution in [0.4, 0.5) is 11.4 Å². The molecule has 0 aliphatic rings. The van der Waals surface area contributed by atoms with Gasteiger partial charge in [0.15, 0.2) is 0 Å². The van der Waals surface area contributed by atoms with Gasteiger partial charge >= 0.3 is 0 Å². The van der Waals surface area contributed by atoms with Crippen LogP contribution in [0.1, 0.15) is 36.1 Å². The van der Waals surface area contributed by atoms with Gasteiger partial charge in [-0.2, -0.15) is 0 Å². The lowest BCUT2D eigenvalue weighted by Gasteiger charge is -2.24. The lowest BCUT2D eigenvalue weighted by molar-refractivity contribution is -0.385. The summed E-state index contributed by atoms with van der Waals surface area (Å²) in [6, 6.07) is 16.0. The third-order valence-corrected chi connectivity index (χ3v) is 7.92. The van der Waals surface area contributed by atoms with Gasteiger partial charge < -0.3 is 10.1 Å². The number of amides is 1. The topological polar surface area (TPSA) is 119 Å². The number of methoxy groups -OCH3 is 1. The van der Waals surface area contributed by atoms with Gasteiger partial charge in [0.2, 0.25) is 5.91 Å². The summed E-state index contributed by atoms with van der Waals surface area (Å²) in [6.45, 7) is 5.36. The molecule has 0 radical (unpaired) electrons. The molecule has 1 amide bonds. The van der Waals surface area contributed by atoms with Crippen LogP contribution in [0.15, 0.2) is 65.6 Å². The van der Waals surface area contributed by atoms with E-state index < -0.39 is 27.4 Å². The summed E-state index contributed by atoms with van der Waals surface area (Å²) in [7, 11) is -2.83. The molecule has 3 aromatic carbocycles. The van der Waals surface area contributed by atoms with Crippen LogP contribution in [0.2, 0.25) is 0 Å². The number of nitro groups is 1. The van der Waals surface area contributed by atoms with Crippen molar-refractivity contribution in [3.8, 4) is 5.75 Å². The van der Waals surface area contributed by atoms with E-state index in [0.29, 0.717) is 11.3 Å². The third kappa shape index (κ3) is 6.45. The van der Waals surface area contributed by atoms with Gasteiger partial charge in [0.05, 0.1) is 22.6 Å². The number of carbonyl (C=O) groups is 1. The van der Waals surface area contributed by atoms with Gasteiger partial charge in [-0.1, -0.05) is 38.1 Å². The highest BCUT2D eigenvalue weighted by molar-refractivity contribution is 7.92. The number of benzene rings is 3. The fraction of sp³-hybridized carbons (Fsp3) is 0.296. The first-order valence-electron chi connectivity index (χ1n) is 11.9. The second-order valence-electron chi connectivity index (χ2n) is 8.50. The molecule has 3 rings (SSSR count). The van der Waals surface area contributed by atoms with E-state index in [0.717, 1.165) is 39.9 Å². The number of carbonyl (C=O) groups excluding carboxylic acids is 1. The zero-order valence-corrected chi connectivity index (χ0v) is 22.2. The smallest absolute Gasteiger partial charge is 0.273 e. The Hall–Kier alpha value is -3.92. The van der Waals surface area contributed by atoms with Crippen LogP contribution in [0, 0.1) is 17.0 Å². The summed E-state index contributed by atoms with van der Waals surface area (Å²) in [5.41, 5.74) is 3.46. The molecule has 10 heteroatoms. The van der Waals surface area contributed by atoms with Crippen LogP contribution in [0.5, 0.6) is 5.75 Å². The average molecular weight is 526 g/mol. The van der Waals surface area contributed by atoms with E-state index in [1.54, 1.807) is 12.1 Å². The summed E-state index contributed by atoms with van der Waals surface area (Å²) in [5, 5.41) is 14.3. The number of hydrogen-bond donors (Lipinski definition) is 1. The Labute approximate surface area is 217 Å². The van der Waals surface area contributed by atoms with Crippen molar-refractivity contribution in [3.05, 3.63) is 93.0 Å². The van der Waals surface area contributed by atoms with Gasteiger partial charge in [-0.3, -0.25) is 19.2 Å². The standard InChI is InChI=1S/C27H31N3O6S/c1-5-20-8-9-21(6-2)22(15-20)17-28-27(31)18-29(23-10-12-24(36-4)13-11-23)37(34,35)25-14-7-19(3)26(16-25)30(32)33/h7-16H,5-6,17-18H2,1-4H3,(H,28,31). The molecule has 196 valence electrons. The number of rotatable bonds is 11. The molecule has 0 unspecified atom stereocenters. The van der Waals surface area contributed by atoms with Crippen LogP contribution >= 0.6 is 0 Å². The fourth-order valence-electron chi connectivity index (χ4n) is 3.93. The number of ether oxygens (including phenoxy) is 1. The molecular weight excluding hydrogens is 494 g/mol. The molecule has 9 nitrogen and oxygen atoms in total. The Morgan fingerprint density at radius 2 is 1.70 bits per heavy atom. The number of nitrogens with zero attached hydrogens (tertiary/aromatic N) is 2. The predicted molar refractivity (Wildman–Crippen MR) is 142 cm³/mol. The number of aryl methyl sites for hydroxylation is 3. The summed E-state index contributed by atoms with van der Waals surface area (Å²) in [6.07, 6.45) is 1.66. The molecule has 0 saturated heterocycles. The normalized spacial score (nSPS) is 11.1. The number of nitrogens with one attached hydrogen (secondary N) is 1. The van der Waals surface area contributed by atoms with Crippen molar-refractivity contribution >= 4 is 27.3 Å². The van der Waals surface area contributed by atoms with Crippen molar-refractivity contribution in [2.45, 2.75) is 45.1 Å². The molecule has 0 aliphatic carbocycles. The summed E-state index contributed by atoms with van der Waals surface area (Å²) < 4.78 is 33.4. The monoisotopic (exact) mass is 525 g/mol. The first-order chi connectivity index (χ1) is 17.6. The number of anilines is 1. The number of sulfonamides is 1. The van der Waals surface area contributed by atoms with E-state index in [2.05, 4.69) is 18.3 Å². The van der Waals surface area contributed by atoms with Crippen molar-refractivity contribution in [1.29, 1.82) is 0 Å². The Morgan fingerprint density at radius 3 is 2.30 bits per heavy atom. The van der Waals surface area contributed by atoms with E-state index in [9.17, 15) is 23.3 Å². The fourth-order valence-corrected chi connectivity index (χ4v) is 5.37. The summed E-state index contributed by atoms with van der Waals surface area (Å²) in [5.74, 6) is 0.00406. The van der Waals surface area contributed by atoms with E-state index in [-0.39, 0.29) is 22.8 Å². The first kappa shape index (κ1) is 27.7. The third-order valence-electron chi connectivity index (χ3n) is 6.15. The zero-order chi connectivity index (χ0) is 27.2. The van der Waals surface area contributed by atoms with Crippen molar-refractivity contribution in [2.24, 2.45) is 0 Å². The minimum atomic E-state index is -4.32. The maximum atomic E-state index is 13.7. The Kier molecular flexibility index (Phi) is 8.88. The molecule has 0 fully saturated rings. The van der Waals surface area contributed by atoms with Crippen LogP contribution in [0.3, 0.4) is 0 Å². The minimum absolute atomic E-state index is 0.224. The van der Waals surface area contributed by atoms with Gasteiger partial charge in [-0.25, -0.2) is 8.42 Å². The molecular formula is C27H31N3O6S. The molecule has 0 aromatic heterocycles. The molecule has 0 atom stereocenters. The first-order valence-corrected chi connectivity index (χ1v) is 13.3. The highest BCUT2D eigenvalue weighted by Crippen LogP contribution is 2.29. The highest BCUT2D eigenvalue weighted by atomic mass is 32.2. The molecule has 0 saturated carbocycles. The molecule has 3 aromatic rings. The molecule has 0 spiro atoms.